The second kappa shape index (κ2) is 5.70. The Morgan fingerprint density at radius 1 is 1.27 bits per heavy atom. The summed E-state index contributed by atoms with van der Waals surface area (Å²) in [6, 6.07) is 0. The van der Waals surface area contributed by atoms with E-state index >= 15 is 0 Å². The van der Waals surface area contributed by atoms with E-state index < -0.39 is 12.8 Å². The third kappa shape index (κ3) is 5.99. The molecular weight excluding hydrogens is 209 g/mol. The van der Waals surface area contributed by atoms with Gasteiger partial charge in [-0.3, -0.25) is 0 Å². The Morgan fingerprint density at radius 2 is 1.80 bits per heavy atom. The average Bonchev–Trinajstić information content (AvgIpc) is 2.10. The summed E-state index contributed by atoms with van der Waals surface area (Å²) < 4.78 is 39.7. The van der Waals surface area contributed by atoms with Crippen molar-refractivity contribution in [3.63, 3.8) is 0 Å². The molecule has 1 N–H and O–H groups in total. The van der Waals surface area contributed by atoms with Crippen LogP contribution in [-0.2, 0) is 4.74 Å². The minimum absolute atomic E-state index is 0.0226. The summed E-state index contributed by atoms with van der Waals surface area (Å²) in [5, 5.41) is 9.14. The summed E-state index contributed by atoms with van der Waals surface area (Å²) in [5.74, 6) is 0.206. The molecule has 0 aliphatic heterocycles. The molecule has 0 fully saturated rings. The van der Waals surface area contributed by atoms with Gasteiger partial charge >= 0.3 is 6.18 Å². The Labute approximate surface area is 88.4 Å². The zero-order valence-corrected chi connectivity index (χ0v) is 9.40. The second-order valence-electron chi connectivity index (χ2n) is 4.38. The van der Waals surface area contributed by atoms with Gasteiger partial charge < -0.3 is 9.84 Å². The number of rotatable bonds is 6. The van der Waals surface area contributed by atoms with E-state index in [0.717, 1.165) is 0 Å². The van der Waals surface area contributed by atoms with E-state index in [-0.39, 0.29) is 24.5 Å². The van der Waals surface area contributed by atoms with Gasteiger partial charge in [0, 0.05) is 13.2 Å². The second-order valence-corrected chi connectivity index (χ2v) is 4.38. The van der Waals surface area contributed by atoms with Gasteiger partial charge in [-0.05, 0) is 17.8 Å². The van der Waals surface area contributed by atoms with Crippen LogP contribution in [0.15, 0.2) is 0 Å². The van der Waals surface area contributed by atoms with Crippen molar-refractivity contribution in [3.8, 4) is 0 Å². The Balaban J connectivity index is 3.84. The number of halogens is 3. The van der Waals surface area contributed by atoms with Gasteiger partial charge in [-0.1, -0.05) is 20.8 Å². The highest BCUT2D eigenvalue weighted by Gasteiger charge is 2.30. The zero-order chi connectivity index (χ0) is 12.1. The molecule has 15 heavy (non-hydrogen) atoms. The molecule has 0 aromatic rings. The number of hydrogen-bond acceptors (Lipinski definition) is 2. The molecule has 0 rings (SSSR count). The van der Waals surface area contributed by atoms with E-state index in [1.54, 1.807) is 0 Å². The summed E-state index contributed by atoms with van der Waals surface area (Å²) in [5.41, 5.74) is -0.369. The van der Waals surface area contributed by atoms with Gasteiger partial charge in [0.25, 0.3) is 0 Å². The van der Waals surface area contributed by atoms with Gasteiger partial charge in [0.2, 0.25) is 0 Å². The summed E-state index contributed by atoms with van der Waals surface area (Å²) in [4.78, 5) is 0. The van der Waals surface area contributed by atoms with Crippen molar-refractivity contribution in [2.75, 3.05) is 19.8 Å². The number of aliphatic hydroxyl groups is 1. The number of alkyl halides is 3. The lowest BCUT2D eigenvalue weighted by Gasteiger charge is -2.31. The topological polar surface area (TPSA) is 29.5 Å². The van der Waals surface area contributed by atoms with Crippen molar-refractivity contribution in [3.05, 3.63) is 0 Å². The van der Waals surface area contributed by atoms with Crippen LogP contribution >= 0.6 is 0 Å². The van der Waals surface area contributed by atoms with E-state index in [9.17, 15) is 13.2 Å². The Bertz CT molecular complexity index is 180. The lowest BCUT2D eigenvalue weighted by atomic mass is 9.77. The standard InChI is InChI=1S/C10H19F3O2/c1-8(2)9(3,6-14)4-5-15-7-10(11,12)13/h8,14H,4-7H2,1-3H3. The number of hydrogen-bond donors (Lipinski definition) is 1. The van der Waals surface area contributed by atoms with Crippen LogP contribution in [0, 0.1) is 11.3 Å². The Morgan fingerprint density at radius 3 is 2.13 bits per heavy atom. The molecule has 0 aliphatic carbocycles. The summed E-state index contributed by atoms with van der Waals surface area (Å²) in [6.07, 6.45) is -3.84. The predicted octanol–water partition coefficient (Wildman–Crippen LogP) is 2.61. The molecule has 0 radical (unpaired) electrons. The highest BCUT2D eigenvalue weighted by Crippen LogP contribution is 2.30. The van der Waals surface area contributed by atoms with E-state index in [2.05, 4.69) is 4.74 Å². The first-order valence-corrected chi connectivity index (χ1v) is 4.96. The fourth-order valence-electron chi connectivity index (χ4n) is 1.04. The SMILES string of the molecule is CC(C)C(C)(CO)CCOCC(F)(F)F. The zero-order valence-electron chi connectivity index (χ0n) is 9.40. The summed E-state index contributed by atoms with van der Waals surface area (Å²) >= 11 is 0. The summed E-state index contributed by atoms with van der Waals surface area (Å²) in [6.45, 7) is 4.47. The predicted molar refractivity (Wildman–Crippen MR) is 51.5 cm³/mol. The minimum atomic E-state index is -4.27. The van der Waals surface area contributed by atoms with Gasteiger partial charge in [0.1, 0.15) is 6.61 Å². The first-order valence-electron chi connectivity index (χ1n) is 4.96. The van der Waals surface area contributed by atoms with Gasteiger partial charge in [-0.15, -0.1) is 0 Å². The van der Waals surface area contributed by atoms with Crippen molar-refractivity contribution >= 4 is 0 Å². The van der Waals surface area contributed by atoms with Crippen LogP contribution in [0.3, 0.4) is 0 Å². The van der Waals surface area contributed by atoms with E-state index in [0.29, 0.717) is 6.42 Å². The quantitative estimate of drug-likeness (QED) is 0.708. The average molecular weight is 228 g/mol. The normalized spacial score (nSPS) is 16.8. The minimum Gasteiger partial charge on any atom is -0.396 e. The molecule has 1 atom stereocenters. The molecule has 0 heterocycles. The van der Waals surface area contributed by atoms with Gasteiger partial charge in [-0.25, -0.2) is 0 Å². The maximum Gasteiger partial charge on any atom is 0.411 e. The number of ether oxygens (including phenoxy) is 1. The van der Waals surface area contributed by atoms with Crippen molar-refractivity contribution < 1.29 is 23.0 Å². The Kier molecular flexibility index (Phi) is 5.59. The van der Waals surface area contributed by atoms with E-state index in [1.165, 1.54) is 0 Å². The van der Waals surface area contributed by atoms with Crippen LogP contribution in [-0.4, -0.2) is 31.1 Å². The van der Waals surface area contributed by atoms with Gasteiger partial charge in [-0.2, -0.15) is 13.2 Å². The smallest absolute Gasteiger partial charge is 0.396 e. The highest BCUT2D eigenvalue weighted by molar-refractivity contribution is 4.76. The summed E-state index contributed by atoms with van der Waals surface area (Å²) in [7, 11) is 0. The van der Waals surface area contributed by atoms with Gasteiger partial charge in [0.05, 0.1) is 0 Å². The molecule has 0 aliphatic rings. The largest absolute Gasteiger partial charge is 0.411 e. The molecule has 0 saturated carbocycles. The van der Waals surface area contributed by atoms with Crippen LogP contribution in [0.4, 0.5) is 13.2 Å². The third-order valence-electron chi connectivity index (χ3n) is 2.84. The number of aliphatic hydroxyl groups excluding tert-OH is 1. The first-order chi connectivity index (χ1) is 6.71. The Hall–Kier alpha value is -0.290. The molecule has 0 bridgehead atoms. The maximum absolute atomic E-state index is 11.7. The molecule has 0 aromatic carbocycles. The maximum atomic E-state index is 11.7. The molecule has 0 aromatic heterocycles. The fraction of sp³-hybridized carbons (Fsp3) is 1.00. The first kappa shape index (κ1) is 14.7. The van der Waals surface area contributed by atoms with Crippen LogP contribution in [0.25, 0.3) is 0 Å². The molecule has 5 heteroatoms. The van der Waals surface area contributed by atoms with Crippen molar-refractivity contribution in [1.82, 2.24) is 0 Å². The fourth-order valence-corrected chi connectivity index (χ4v) is 1.04. The third-order valence-corrected chi connectivity index (χ3v) is 2.84. The van der Waals surface area contributed by atoms with Crippen molar-refractivity contribution in [1.29, 1.82) is 0 Å². The molecule has 0 saturated heterocycles. The van der Waals surface area contributed by atoms with Gasteiger partial charge in [0.15, 0.2) is 0 Å². The van der Waals surface area contributed by atoms with Crippen LogP contribution < -0.4 is 0 Å². The van der Waals surface area contributed by atoms with Crippen LogP contribution in [0.2, 0.25) is 0 Å². The van der Waals surface area contributed by atoms with Crippen LogP contribution in [0.5, 0.6) is 0 Å². The monoisotopic (exact) mass is 228 g/mol. The molecule has 2 nitrogen and oxygen atoms in total. The van der Waals surface area contributed by atoms with Crippen molar-refractivity contribution in [2.45, 2.75) is 33.4 Å². The lowest BCUT2D eigenvalue weighted by Crippen LogP contribution is -2.30. The molecule has 92 valence electrons. The van der Waals surface area contributed by atoms with Crippen LogP contribution in [0.1, 0.15) is 27.2 Å². The molecule has 0 spiro atoms. The molecular formula is C10H19F3O2. The van der Waals surface area contributed by atoms with E-state index in [4.69, 9.17) is 5.11 Å². The van der Waals surface area contributed by atoms with E-state index in [1.807, 2.05) is 20.8 Å². The molecule has 1 unspecified atom stereocenters. The molecule has 0 amide bonds. The lowest BCUT2D eigenvalue weighted by molar-refractivity contribution is -0.176. The van der Waals surface area contributed by atoms with Crippen molar-refractivity contribution in [2.24, 2.45) is 11.3 Å². The highest BCUT2D eigenvalue weighted by atomic mass is 19.4.